The second kappa shape index (κ2) is 7.59. The number of hydrogen-bond acceptors (Lipinski definition) is 3. The van der Waals surface area contributed by atoms with E-state index in [4.69, 9.17) is 0 Å². The van der Waals surface area contributed by atoms with Crippen LogP contribution in [0.2, 0.25) is 0 Å². The Balaban J connectivity index is 1.97. The minimum Gasteiger partial charge on any atom is -0.348 e. The van der Waals surface area contributed by atoms with Gasteiger partial charge in [0, 0.05) is 11.1 Å². The third-order valence-corrected chi connectivity index (χ3v) is 4.66. The maximum absolute atomic E-state index is 12.1. The fourth-order valence-corrected chi connectivity index (χ4v) is 3.26. The number of nitrogens with zero attached hydrogens (tertiary/aromatic N) is 1. The lowest BCUT2D eigenvalue weighted by atomic mass is 10.00. The first-order valence-electron chi connectivity index (χ1n) is 7.90. The van der Waals surface area contributed by atoms with Gasteiger partial charge < -0.3 is 5.32 Å². The first kappa shape index (κ1) is 17.5. The van der Waals surface area contributed by atoms with Gasteiger partial charge in [0.1, 0.15) is 6.54 Å². The summed E-state index contributed by atoms with van der Waals surface area (Å²) in [6, 6.07) is 8.28. The highest BCUT2D eigenvalue weighted by Gasteiger charge is 2.12. The standard InChI is InChI=1S/C18H24N2O2S/c1-12(2)9-15-5-7-16(8-6-15)14(4)19-17(21)10-20-13(3)11-23-18(20)22/h5-8,11-12,14H,9-10H2,1-4H3,(H,19,21). The summed E-state index contributed by atoms with van der Waals surface area (Å²) in [6.45, 7) is 8.26. The van der Waals surface area contributed by atoms with Gasteiger partial charge in [-0.2, -0.15) is 0 Å². The molecular formula is C18H24N2O2S. The van der Waals surface area contributed by atoms with Crippen molar-refractivity contribution in [2.75, 3.05) is 0 Å². The van der Waals surface area contributed by atoms with Crippen molar-refractivity contribution in [3.8, 4) is 0 Å². The fourth-order valence-electron chi connectivity index (χ4n) is 2.52. The molecule has 0 saturated heterocycles. The second-order valence-corrected chi connectivity index (χ2v) is 7.18. The van der Waals surface area contributed by atoms with E-state index in [1.165, 1.54) is 10.1 Å². The van der Waals surface area contributed by atoms with Gasteiger partial charge in [-0.3, -0.25) is 14.2 Å². The molecule has 23 heavy (non-hydrogen) atoms. The molecule has 0 aliphatic carbocycles. The summed E-state index contributed by atoms with van der Waals surface area (Å²) in [5.41, 5.74) is 3.20. The number of thiazole rings is 1. The highest BCUT2D eigenvalue weighted by atomic mass is 32.1. The number of carbonyl (C=O) groups is 1. The zero-order valence-corrected chi connectivity index (χ0v) is 14.9. The van der Waals surface area contributed by atoms with Gasteiger partial charge in [0.15, 0.2) is 0 Å². The Bertz CT molecular complexity index is 713. The summed E-state index contributed by atoms with van der Waals surface area (Å²) < 4.78 is 1.50. The molecular weight excluding hydrogens is 308 g/mol. The van der Waals surface area contributed by atoms with E-state index in [9.17, 15) is 9.59 Å². The Morgan fingerprint density at radius 3 is 2.39 bits per heavy atom. The summed E-state index contributed by atoms with van der Waals surface area (Å²) in [4.78, 5) is 23.7. The monoisotopic (exact) mass is 332 g/mol. The van der Waals surface area contributed by atoms with Crippen LogP contribution in [0.5, 0.6) is 0 Å². The van der Waals surface area contributed by atoms with Crippen LogP contribution in [0, 0.1) is 12.8 Å². The molecule has 0 bridgehead atoms. The molecule has 1 atom stereocenters. The van der Waals surface area contributed by atoms with Crippen LogP contribution in [0.3, 0.4) is 0 Å². The van der Waals surface area contributed by atoms with Gasteiger partial charge in [-0.25, -0.2) is 0 Å². The van der Waals surface area contributed by atoms with Crippen LogP contribution in [0.25, 0.3) is 0 Å². The molecule has 1 heterocycles. The van der Waals surface area contributed by atoms with Crippen LogP contribution in [0.4, 0.5) is 0 Å². The van der Waals surface area contributed by atoms with E-state index < -0.39 is 0 Å². The molecule has 1 aromatic heterocycles. The van der Waals surface area contributed by atoms with Crippen LogP contribution in [-0.4, -0.2) is 10.5 Å². The number of aromatic nitrogens is 1. The van der Waals surface area contributed by atoms with Crippen LogP contribution < -0.4 is 10.2 Å². The van der Waals surface area contributed by atoms with Gasteiger partial charge >= 0.3 is 4.87 Å². The zero-order chi connectivity index (χ0) is 17.0. The summed E-state index contributed by atoms with van der Waals surface area (Å²) in [5.74, 6) is 0.484. The maximum atomic E-state index is 12.1. The van der Waals surface area contributed by atoms with Gasteiger partial charge in [0.25, 0.3) is 0 Å². The van der Waals surface area contributed by atoms with E-state index in [0.29, 0.717) is 5.92 Å². The first-order valence-corrected chi connectivity index (χ1v) is 8.78. The van der Waals surface area contributed by atoms with E-state index in [1.807, 2.05) is 13.8 Å². The normalized spacial score (nSPS) is 12.4. The topological polar surface area (TPSA) is 51.1 Å². The van der Waals surface area contributed by atoms with Crippen LogP contribution in [-0.2, 0) is 17.8 Å². The van der Waals surface area contributed by atoms with E-state index in [-0.39, 0.29) is 23.4 Å². The molecule has 0 saturated carbocycles. The van der Waals surface area contributed by atoms with Crippen molar-refractivity contribution in [2.24, 2.45) is 5.92 Å². The minimum atomic E-state index is -0.146. The van der Waals surface area contributed by atoms with Gasteiger partial charge in [-0.15, -0.1) is 0 Å². The van der Waals surface area contributed by atoms with Crippen molar-refractivity contribution in [3.63, 3.8) is 0 Å². The number of carbonyl (C=O) groups excluding carboxylic acids is 1. The van der Waals surface area contributed by atoms with Crippen molar-refractivity contribution in [2.45, 2.75) is 46.7 Å². The largest absolute Gasteiger partial charge is 0.348 e. The summed E-state index contributed by atoms with van der Waals surface area (Å²) in [7, 11) is 0. The number of aryl methyl sites for hydroxylation is 1. The van der Waals surface area contributed by atoms with Crippen molar-refractivity contribution < 1.29 is 4.79 Å². The van der Waals surface area contributed by atoms with Crippen LogP contribution in [0.15, 0.2) is 34.4 Å². The average Bonchev–Trinajstić information content (AvgIpc) is 2.79. The number of benzene rings is 1. The highest BCUT2D eigenvalue weighted by Crippen LogP contribution is 2.15. The molecule has 2 aromatic rings. The molecule has 2 rings (SSSR count). The van der Waals surface area contributed by atoms with Crippen molar-refractivity contribution >= 4 is 17.2 Å². The molecule has 5 heteroatoms. The predicted molar refractivity (Wildman–Crippen MR) is 94.9 cm³/mol. The zero-order valence-electron chi connectivity index (χ0n) is 14.1. The first-order chi connectivity index (χ1) is 10.9. The lowest BCUT2D eigenvalue weighted by Gasteiger charge is -2.15. The minimum absolute atomic E-state index is 0.0734. The Morgan fingerprint density at radius 2 is 1.87 bits per heavy atom. The smallest absolute Gasteiger partial charge is 0.307 e. The highest BCUT2D eigenvalue weighted by molar-refractivity contribution is 7.07. The van der Waals surface area contributed by atoms with E-state index in [1.54, 1.807) is 5.38 Å². The van der Waals surface area contributed by atoms with E-state index in [0.717, 1.165) is 29.0 Å². The van der Waals surface area contributed by atoms with Gasteiger partial charge in [-0.05, 0) is 37.3 Å². The molecule has 0 aliphatic rings. The molecule has 1 amide bonds. The Labute approximate surface area is 141 Å². The lowest BCUT2D eigenvalue weighted by Crippen LogP contribution is -2.32. The molecule has 124 valence electrons. The maximum Gasteiger partial charge on any atom is 0.307 e. The lowest BCUT2D eigenvalue weighted by molar-refractivity contribution is -0.122. The Morgan fingerprint density at radius 1 is 1.22 bits per heavy atom. The summed E-state index contributed by atoms with van der Waals surface area (Å²) >= 11 is 1.12. The van der Waals surface area contributed by atoms with Crippen LogP contribution in [0.1, 0.15) is 43.6 Å². The Kier molecular flexibility index (Phi) is 5.77. The second-order valence-electron chi connectivity index (χ2n) is 6.36. The molecule has 1 aromatic carbocycles. The molecule has 0 fully saturated rings. The number of hydrogen-bond donors (Lipinski definition) is 1. The van der Waals surface area contributed by atoms with Crippen molar-refractivity contribution in [3.05, 3.63) is 56.1 Å². The van der Waals surface area contributed by atoms with Gasteiger partial charge in [0.05, 0.1) is 6.04 Å². The molecule has 1 N–H and O–H groups in total. The third-order valence-electron chi connectivity index (χ3n) is 3.78. The number of nitrogens with one attached hydrogen (secondary N) is 1. The number of amides is 1. The SMILES string of the molecule is Cc1csc(=O)n1CC(=O)NC(C)c1ccc(CC(C)C)cc1. The van der Waals surface area contributed by atoms with Crippen molar-refractivity contribution in [1.29, 1.82) is 0 Å². The summed E-state index contributed by atoms with van der Waals surface area (Å²) in [5, 5.41) is 4.73. The van der Waals surface area contributed by atoms with Gasteiger partial charge in [-0.1, -0.05) is 49.4 Å². The molecule has 0 radical (unpaired) electrons. The van der Waals surface area contributed by atoms with Crippen molar-refractivity contribution in [1.82, 2.24) is 9.88 Å². The van der Waals surface area contributed by atoms with Gasteiger partial charge in [0.2, 0.25) is 5.91 Å². The average molecular weight is 332 g/mol. The quantitative estimate of drug-likeness (QED) is 0.882. The molecule has 1 unspecified atom stereocenters. The van der Waals surface area contributed by atoms with E-state index >= 15 is 0 Å². The third kappa shape index (κ3) is 4.79. The molecule has 0 spiro atoms. The molecule has 0 aliphatic heterocycles. The number of rotatable bonds is 6. The molecule has 4 nitrogen and oxygen atoms in total. The fraction of sp³-hybridized carbons (Fsp3) is 0.444. The van der Waals surface area contributed by atoms with Crippen LogP contribution >= 0.6 is 11.3 Å². The van der Waals surface area contributed by atoms with E-state index in [2.05, 4.69) is 43.4 Å². The summed E-state index contributed by atoms with van der Waals surface area (Å²) in [6.07, 6.45) is 1.06. The predicted octanol–water partition coefficient (Wildman–Crippen LogP) is 3.29. The Hall–Kier alpha value is -1.88.